The van der Waals surface area contributed by atoms with Crippen LogP contribution in [0.25, 0.3) is 22.7 Å². The van der Waals surface area contributed by atoms with Gasteiger partial charge in [-0.3, -0.25) is 0 Å². The number of sulfone groups is 1. The van der Waals surface area contributed by atoms with E-state index < -0.39 is 27.6 Å². The first-order chi connectivity index (χ1) is 12.8. The van der Waals surface area contributed by atoms with E-state index in [0.29, 0.717) is 6.07 Å². The molecule has 0 saturated heterocycles. The molecular formula is C14H13F5N6O2S. The largest absolute Gasteiger partial charge is 0.459 e. The highest BCUT2D eigenvalue weighted by atomic mass is 32.2. The fraction of sp³-hybridized carbons (Fsp3) is 0.429. The van der Waals surface area contributed by atoms with Crippen molar-refractivity contribution in [2.24, 2.45) is 14.1 Å². The number of hydrogen-bond acceptors (Lipinski definition) is 6. The van der Waals surface area contributed by atoms with Crippen LogP contribution in [0.1, 0.15) is 12.6 Å². The van der Waals surface area contributed by atoms with E-state index in [9.17, 15) is 30.4 Å². The van der Waals surface area contributed by atoms with Crippen molar-refractivity contribution >= 4 is 21.0 Å². The number of aryl methyl sites for hydroxylation is 2. The number of imidazole rings is 2. The van der Waals surface area contributed by atoms with Crippen molar-refractivity contribution in [3.63, 3.8) is 0 Å². The highest BCUT2D eigenvalue weighted by molar-refractivity contribution is 7.91. The minimum Gasteiger partial charge on any atom is -0.324 e. The Balaban J connectivity index is 2.23. The topological polar surface area (TPSA) is 95.6 Å². The lowest BCUT2D eigenvalue weighted by molar-refractivity contribution is -0.291. The van der Waals surface area contributed by atoms with Gasteiger partial charge in [0.1, 0.15) is 16.9 Å². The van der Waals surface area contributed by atoms with Crippen LogP contribution in [0, 0.1) is 0 Å². The summed E-state index contributed by atoms with van der Waals surface area (Å²) in [6, 6.07) is 0.469. The number of nitrogens with zero attached hydrogens (tertiary/aromatic N) is 6. The molecule has 8 nitrogen and oxygen atoms in total. The summed E-state index contributed by atoms with van der Waals surface area (Å²) in [5.74, 6) is -5.51. The van der Waals surface area contributed by atoms with E-state index in [0.717, 1.165) is 0 Å². The zero-order valence-corrected chi connectivity index (χ0v) is 15.5. The van der Waals surface area contributed by atoms with Gasteiger partial charge in [0, 0.05) is 14.1 Å². The van der Waals surface area contributed by atoms with E-state index in [1.807, 2.05) is 0 Å². The predicted octanol–water partition coefficient (Wildman–Crippen LogP) is 2.21. The third-order valence-electron chi connectivity index (χ3n) is 4.06. The second-order valence-corrected chi connectivity index (χ2v) is 8.11. The lowest BCUT2D eigenvalue weighted by Gasteiger charge is -2.17. The van der Waals surface area contributed by atoms with E-state index in [-0.39, 0.29) is 33.5 Å². The molecule has 0 N–H and O–H groups in total. The SMILES string of the molecule is CCS(=O)(=O)c1c(-c2nc3cc(C(F)(F)C(F)(F)F)nnc3n2C)ncn1C. The molecule has 152 valence electrons. The molecule has 3 rings (SSSR count). The Morgan fingerprint density at radius 1 is 1.11 bits per heavy atom. The Morgan fingerprint density at radius 2 is 1.75 bits per heavy atom. The molecule has 3 heterocycles. The normalized spacial score (nSPS) is 13.4. The molecule has 28 heavy (non-hydrogen) atoms. The molecule has 14 heteroatoms. The molecule has 0 spiro atoms. The van der Waals surface area contributed by atoms with Crippen LogP contribution in [-0.2, 0) is 29.9 Å². The first-order valence-electron chi connectivity index (χ1n) is 7.71. The molecule has 3 aromatic heterocycles. The summed E-state index contributed by atoms with van der Waals surface area (Å²) >= 11 is 0. The Bertz CT molecular complexity index is 1170. The lowest BCUT2D eigenvalue weighted by atomic mass is 10.2. The Kier molecular flexibility index (Phi) is 4.44. The number of fused-ring (bicyclic) bond motifs is 1. The van der Waals surface area contributed by atoms with Gasteiger partial charge < -0.3 is 9.13 Å². The Labute approximate surface area is 154 Å². The smallest absolute Gasteiger partial charge is 0.324 e. The molecule has 0 bridgehead atoms. The summed E-state index contributed by atoms with van der Waals surface area (Å²) in [7, 11) is -0.892. The van der Waals surface area contributed by atoms with E-state index in [1.54, 1.807) is 0 Å². The van der Waals surface area contributed by atoms with Gasteiger partial charge in [0.05, 0.1) is 12.1 Å². The average molecular weight is 424 g/mol. The van der Waals surface area contributed by atoms with Crippen LogP contribution in [0.15, 0.2) is 17.4 Å². The summed E-state index contributed by atoms with van der Waals surface area (Å²) < 4.78 is 92.0. The average Bonchev–Trinajstić information content (AvgIpc) is 3.14. The van der Waals surface area contributed by atoms with Crippen LogP contribution in [0.3, 0.4) is 0 Å². The fourth-order valence-corrected chi connectivity index (χ4v) is 3.77. The van der Waals surface area contributed by atoms with Crippen LogP contribution in [0.2, 0.25) is 0 Å². The number of halogens is 5. The third kappa shape index (κ3) is 2.91. The van der Waals surface area contributed by atoms with Crippen molar-refractivity contribution in [1.82, 2.24) is 29.3 Å². The summed E-state index contributed by atoms with van der Waals surface area (Å²) in [6.45, 7) is 1.43. The van der Waals surface area contributed by atoms with Crippen molar-refractivity contribution in [3.8, 4) is 11.5 Å². The molecule has 0 aromatic carbocycles. The minimum absolute atomic E-state index is 0.0654. The summed E-state index contributed by atoms with van der Waals surface area (Å²) in [5, 5.41) is 6.23. The maximum absolute atomic E-state index is 13.5. The molecule has 0 aliphatic heterocycles. The highest BCUT2D eigenvalue weighted by Gasteiger charge is 2.60. The van der Waals surface area contributed by atoms with E-state index >= 15 is 0 Å². The zero-order valence-electron chi connectivity index (χ0n) is 14.7. The van der Waals surface area contributed by atoms with Gasteiger partial charge in [-0.25, -0.2) is 18.4 Å². The van der Waals surface area contributed by atoms with Crippen molar-refractivity contribution in [2.75, 3.05) is 5.75 Å². The highest BCUT2D eigenvalue weighted by Crippen LogP contribution is 2.43. The molecule has 3 aromatic rings. The molecule has 0 amide bonds. The predicted molar refractivity (Wildman–Crippen MR) is 86.2 cm³/mol. The van der Waals surface area contributed by atoms with Crippen molar-refractivity contribution in [3.05, 3.63) is 18.1 Å². The van der Waals surface area contributed by atoms with Crippen molar-refractivity contribution in [1.29, 1.82) is 0 Å². The molecule has 0 saturated carbocycles. The van der Waals surface area contributed by atoms with Gasteiger partial charge in [0.15, 0.2) is 26.3 Å². The molecule has 0 fully saturated rings. The second-order valence-electron chi connectivity index (χ2n) is 5.92. The Hall–Kier alpha value is -2.64. The van der Waals surface area contributed by atoms with Crippen LogP contribution in [0.4, 0.5) is 22.0 Å². The number of aromatic nitrogens is 6. The molecule has 0 aliphatic rings. The quantitative estimate of drug-likeness (QED) is 0.596. The first-order valence-corrected chi connectivity index (χ1v) is 9.36. The standard InChI is InChI=1S/C14H13F5N6O2S/c1-4-28(26,27)12-9(20-6-24(12)2)11-21-7-5-8(13(15,16)14(17,18)19)22-23-10(7)25(11)3/h5-6H,4H2,1-3H3. The first kappa shape index (κ1) is 20.1. The van der Waals surface area contributed by atoms with Gasteiger partial charge in [0.25, 0.3) is 0 Å². The van der Waals surface area contributed by atoms with Crippen LogP contribution >= 0.6 is 0 Å². The van der Waals surface area contributed by atoms with Gasteiger partial charge in [0.2, 0.25) is 0 Å². The number of rotatable bonds is 4. The fourth-order valence-electron chi connectivity index (χ4n) is 2.57. The van der Waals surface area contributed by atoms with E-state index in [4.69, 9.17) is 0 Å². The van der Waals surface area contributed by atoms with Gasteiger partial charge >= 0.3 is 12.1 Å². The lowest BCUT2D eigenvalue weighted by Crippen LogP contribution is -2.34. The zero-order chi connectivity index (χ0) is 21.1. The summed E-state index contributed by atoms with van der Waals surface area (Å²) in [5.41, 5.74) is -2.10. The third-order valence-corrected chi connectivity index (χ3v) is 5.89. The summed E-state index contributed by atoms with van der Waals surface area (Å²) in [4.78, 5) is 7.97. The monoisotopic (exact) mass is 424 g/mol. The van der Waals surface area contributed by atoms with Crippen molar-refractivity contribution in [2.45, 2.75) is 24.0 Å². The molecular weight excluding hydrogens is 411 g/mol. The maximum Gasteiger partial charge on any atom is 0.459 e. The Morgan fingerprint density at radius 3 is 2.32 bits per heavy atom. The summed E-state index contributed by atoms with van der Waals surface area (Å²) in [6.07, 6.45) is -4.62. The molecule has 0 atom stereocenters. The van der Waals surface area contributed by atoms with E-state index in [1.165, 1.54) is 36.5 Å². The molecule has 0 unspecified atom stereocenters. The second kappa shape index (κ2) is 6.18. The van der Waals surface area contributed by atoms with Gasteiger partial charge in [-0.1, -0.05) is 6.92 Å². The van der Waals surface area contributed by atoms with E-state index in [2.05, 4.69) is 20.2 Å². The maximum atomic E-state index is 13.5. The van der Waals surface area contributed by atoms with Gasteiger partial charge in [-0.2, -0.15) is 22.0 Å². The van der Waals surface area contributed by atoms with Crippen LogP contribution in [-0.4, -0.2) is 49.6 Å². The van der Waals surface area contributed by atoms with Gasteiger partial charge in [-0.15, -0.1) is 10.2 Å². The minimum atomic E-state index is -5.85. The number of hydrogen-bond donors (Lipinski definition) is 0. The molecule has 0 radical (unpaired) electrons. The van der Waals surface area contributed by atoms with Crippen LogP contribution in [0.5, 0.6) is 0 Å². The molecule has 0 aliphatic carbocycles. The van der Waals surface area contributed by atoms with Gasteiger partial charge in [-0.05, 0) is 6.07 Å². The number of alkyl halides is 5. The van der Waals surface area contributed by atoms with Crippen molar-refractivity contribution < 1.29 is 30.4 Å². The van der Waals surface area contributed by atoms with Crippen LogP contribution < -0.4 is 0 Å².